The summed E-state index contributed by atoms with van der Waals surface area (Å²) in [5.41, 5.74) is 6.42. The maximum atomic E-state index is 12.4. The first-order valence-electron chi connectivity index (χ1n) is 5.70. The molecule has 0 radical (unpaired) electrons. The summed E-state index contributed by atoms with van der Waals surface area (Å²) in [6, 6.07) is 5.40. The minimum Gasteiger partial charge on any atom is -0.409 e. The molecule has 0 unspecified atom stereocenters. The van der Waals surface area contributed by atoms with Crippen LogP contribution in [-0.4, -0.2) is 26.7 Å². The van der Waals surface area contributed by atoms with E-state index < -0.39 is 0 Å². The molecule has 1 aromatic carbocycles. The van der Waals surface area contributed by atoms with E-state index in [1.165, 1.54) is 10.9 Å². The van der Waals surface area contributed by atoms with Gasteiger partial charge < -0.3 is 16.3 Å². The summed E-state index contributed by atoms with van der Waals surface area (Å²) >= 11 is 5.41. The Kier molecular flexibility index (Phi) is 4.83. The summed E-state index contributed by atoms with van der Waals surface area (Å²) in [4.78, 5) is 12.4. The van der Waals surface area contributed by atoms with Crippen molar-refractivity contribution in [1.82, 2.24) is 9.78 Å². The second kappa shape index (κ2) is 6.43. The molecule has 0 aliphatic carbocycles. The van der Waals surface area contributed by atoms with Crippen molar-refractivity contribution in [1.29, 1.82) is 0 Å². The van der Waals surface area contributed by atoms with Gasteiger partial charge >= 0.3 is 0 Å². The van der Waals surface area contributed by atoms with E-state index in [2.05, 4.69) is 54.1 Å². The molecule has 4 N–H and O–H groups in total. The van der Waals surface area contributed by atoms with Crippen LogP contribution in [0.2, 0.25) is 0 Å². The molecule has 2 aromatic rings. The fraction of sp³-hybridized carbons (Fsp3) is 0.0833. The van der Waals surface area contributed by atoms with Gasteiger partial charge in [-0.1, -0.05) is 21.1 Å². The fourth-order valence-electron chi connectivity index (χ4n) is 1.67. The number of benzene rings is 1. The lowest BCUT2D eigenvalue weighted by Crippen LogP contribution is -2.20. The number of aryl methyl sites for hydroxylation is 1. The fourth-order valence-corrected chi connectivity index (χ4v) is 2.61. The molecule has 1 heterocycles. The zero-order valence-corrected chi connectivity index (χ0v) is 14.6. The number of nitrogens with one attached hydrogen (secondary N) is 1. The third-order valence-corrected chi connectivity index (χ3v) is 4.16. The maximum Gasteiger partial charge on any atom is 0.257 e. The van der Waals surface area contributed by atoms with Crippen LogP contribution in [0.5, 0.6) is 0 Å². The van der Waals surface area contributed by atoms with Gasteiger partial charge in [-0.3, -0.25) is 9.48 Å². The molecular formula is C12H11BrIN5O2. The summed E-state index contributed by atoms with van der Waals surface area (Å²) in [6.45, 7) is 0. The van der Waals surface area contributed by atoms with E-state index in [9.17, 15) is 4.79 Å². The van der Waals surface area contributed by atoms with Crippen molar-refractivity contribution in [2.75, 3.05) is 5.32 Å². The van der Waals surface area contributed by atoms with Crippen molar-refractivity contribution in [3.63, 3.8) is 0 Å². The van der Waals surface area contributed by atoms with Gasteiger partial charge in [0.25, 0.3) is 5.91 Å². The lowest BCUT2D eigenvalue weighted by atomic mass is 10.2. The lowest BCUT2D eigenvalue weighted by molar-refractivity contribution is 0.102. The van der Waals surface area contributed by atoms with Crippen molar-refractivity contribution in [2.24, 2.45) is 17.9 Å². The molecule has 7 nitrogen and oxygen atoms in total. The largest absolute Gasteiger partial charge is 0.409 e. The van der Waals surface area contributed by atoms with Crippen LogP contribution in [-0.2, 0) is 7.05 Å². The summed E-state index contributed by atoms with van der Waals surface area (Å²) < 4.78 is 3.05. The first kappa shape index (κ1) is 15.8. The minimum atomic E-state index is -0.309. The Morgan fingerprint density at radius 1 is 1.52 bits per heavy atom. The van der Waals surface area contributed by atoms with Crippen molar-refractivity contribution in [3.8, 4) is 0 Å². The maximum absolute atomic E-state index is 12.4. The Morgan fingerprint density at radius 2 is 2.24 bits per heavy atom. The summed E-state index contributed by atoms with van der Waals surface area (Å²) in [5.74, 6) is -0.0790. The topological polar surface area (TPSA) is 106 Å². The number of oxime groups is 1. The summed E-state index contributed by atoms with van der Waals surface area (Å²) in [6.07, 6.45) is 1.41. The molecule has 110 valence electrons. The number of carbonyl (C=O) groups excluding carboxylic acids is 1. The summed E-state index contributed by atoms with van der Waals surface area (Å²) in [7, 11) is 1.65. The monoisotopic (exact) mass is 463 g/mol. The third-order valence-electron chi connectivity index (χ3n) is 2.73. The number of carbonyl (C=O) groups is 1. The van der Waals surface area contributed by atoms with Crippen molar-refractivity contribution < 1.29 is 10.0 Å². The standard InChI is InChI=1S/C12H11BrIN5O2/c1-19-11(8(5-16-19)10(15)18-21)17-12(20)7-4-6(13)2-3-9(7)14/h2-5,21H,1H3,(H2,15,18)(H,17,20). The number of hydrogen-bond donors (Lipinski definition) is 3. The molecule has 9 heteroatoms. The Labute approximate surface area is 142 Å². The minimum absolute atomic E-state index is 0.123. The van der Waals surface area contributed by atoms with Crippen LogP contribution in [0.4, 0.5) is 5.82 Å². The van der Waals surface area contributed by atoms with Crippen LogP contribution < -0.4 is 11.1 Å². The molecule has 21 heavy (non-hydrogen) atoms. The lowest BCUT2D eigenvalue weighted by Gasteiger charge is -2.09. The van der Waals surface area contributed by atoms with Gasteiger partial charge in [-0.05, 0) is 40.8 Å². The van der Waals surface area contributed by atoms with Crippen LogP contribution >= 0.6 is 38.5 Å². The normalized spacial score (nSPS) is 11.5. The predicted molar refractivity (Wildman–Crippen MR) is 90.5 cm³/mol. The Morgan fingerprint density at radius 3 is 2.90 bits per heavy atom. The smallest absolute Gasteiger partial charge is 0.257 e. The highest BCUT2D eigenvalue weighted by atomic mass is 127. The molecule has 0 bridgehead atoms. The molecule has 0 saturated heterocycles. The van der Waals surface area contributed by atoms with Gasteiger partial charge in [-0.15, -0.1) is 0 Å². The molecule has 1 aromatic heterocycles. The van der Waals surface area contributed by atoms with Gasteiger partial charge in [0.1, 0.15) is 5.82 Å². The Hall–Kier alpha value is -1.62. The van der Waals surface area contributed by atoms with Crippen LogP contribution in [0.1, 0.15) is 15.9 Å². The highest BCUT2D eigenvalue weighted by Crippen LogP contribution is 2.21. The molecule has 2 rings (SSSR count). The number of halogens is 2. The Balaban J connectivity index is 2.36. The quantitative estimate of drug-likeness (QED) is 0.213. The zero-order chi connectivity index (χ0) is 15.6. The third kappa shape index (κ3) is 3.35. The van der Waals surface area contributed by atoms with Gasteiger partial charge in [0.15, 0.2) is 5.84 Å². The van der Waals surface area contributed by atoms with E-state index in [-0.39, 0.29) is 11.7 Å². The molecular weight excluding hydrogens is 453 g/mol. The molecule has 0 aliphatic rings. The van der Waals surface area contributed by atoms with Crippen LogP contribution in [0.25, 0.3) is 0 Å². The van der Waals surface area contributed by atoms with E-state index in [0.717, 1.165) is 8.04 Å². The second-order valence-electron chi connectivity index (χ2n) is 4.09. The SMILES string of the molecule is Cn1ncc(/C(N)=N/O)c1NC(=O)c1cc(Br)ccc1I. The van der Waals surface area contributed by atoms with Gasteiger partial charge in [0.05, 0.1) is 17.3 Å². The van der Waals surface area contributed by atoms with Crippen molar-refractivity contribution in [2.45, 2.75) is 0 Å². The van der Waals surface area contributed by atoms with Crippen LogP contribution in [0.15, 0.2) is 34.0 Å². The van der Waals surface area contributed by atoms with Gasteiger partial charge in [-0.25, -0.2) is 0 Å². The predicted octanol–water partition coefficient (Wildman–Crippen LogP) is 2.13. The number of aromatic nitrogens is 2. The number of rotatable bonds is 3. The van der Waals surface area contributed by atoms with E-state index in [0.29, 0.717) is 16.9 Å². The number of nitrogens with zero attached hydrogens (tertiary/aromatic N) is 3. The number of amidine groups is 1. The molecule has 0 saturated carbocycles. The highest BCUT2D eigenvalue weighted by molar-refractivity contribution is 14.1. The summed E-state index contributed by atoms with van der Waals surface area (Å²) in [5, 5.41) is 18.4. The van der Waals surface area contributed by atoms with Crippen LogP contribution in [0, 0.1) is 3.57 Å². The molecule has 0 aliphatic heterocycles. The number of amides is 1. The average molecular weight is 464 g/mol. The van der Waals surface area contributed by atoms with E-state index in [4.69, 9.17) is 10.9 Å². The van der Waals surface area contributed by atoms with E-state index >= 15 is 0 Å². The molecule has 0 spiro atoms. The van der Waals surface area contributed by atoms with E-state index in [1.807, 2.05) is 12.1 Å². The van der Waals surface area contributed by atoms with Gasteiger partial charge in [-0.2, -0.15) is 5.10 Å². The zero-order valence-electron chi connectivity index (χ0n) is 10.8. The first-order valence-corrected chi connectivity index (χ1v) is 7.57. The van der Waals surface area contributed by atoms with Gasteiger partial charge in [0.2, 0.25) is 0 Å². The van der Waals surface area contributed by atoms with E-state index in [1.54, 1.807) is 13.1 Å². The van der Waals surface area contributed by atoms with Crippen molar-refractivity contribution >= 4 is 56.1 Å². The average Bonchev–Trinajstić information content (AvgIpc) is 2.82. The van der Waals surface area contributed by atoms with Gasteiger partial charge in [0, 0.05) is 15.1 Å². The van der Waals surface area contributed by atoms with Crippen molar-refractivity contribution in [3.05, 3.63) is 43.6 Å². The second-order valence-corrected chi connectivity index (χ2v) is 6.17. The molecule has 0 fully saturated rings. The number of anilines is 1. The Bertz CT molecular complexity index is 728. The molecule has 1 amide bonds. The number of hydrogen-bond acceptors (Lipinski definition) is 4. The first-order chi connectivity index (χ1) is 9.93. The highest BCUT2D eigenvalue weighted by Gasteiger charge is 2.17. The van der Waals surface area contributed by atoms with Crippen LogP contribution in [0.3, 0.4) is 0 Å². The number of nitrogens with two attached hydrogens (primary N) is 1. The molecule has 0 atom stereocenters.